The number of hydrogen-bond donors (Lipinski definition) is 1. The van der Waals surface area contributed by atoms with Crippen LogP contribution in [0, 0.1) is 0 Å². The van der Waals surface area contributed by atoms with Crippen LogP contribution in [-0.2, 0) is 4.74 Å². The molecule has 0 aromatic heterocycles. The van der Waals surface area contributed by atoms with E-state index in [4.69, 9.17) is 4.74 Å². The summed E-state index contributed by atoms with van der Waals surface area (Å²) in [5.74, 6) is 0. The van der Waals surface area contributed by atoms with Gasteiger partial charge in [-0.25, -0.2) is 0 Å². The molecule has 0 bridgehead atoms. The third-order valence-corrected chi connectivity index (χ3v) is 3.79. The van der Waals surface area contributed by atoms with E-state index < -0.39 is 0 Å². The van der Waals surface area contributed by atoms with Crippen LogP contribution in [0.1, 0.15) is 38.3 Å². The molecular formula is C14H21Br2NO. The molecule has 1 aromatic rings. The minimum absolute atomic E-state index is 0.249. The Balaban J connectivity index is 2.73. The van der Waals surface area contributed by atoms with Crippen molar-refractivity contribution in [2.45, 2.75) is 32.7 Å². The van der Waals surface area contributed by atoms with Crippen molar-refractivity contribution in [1.29, 1.82) is 0 Å². The third-order valence-electron chi connectivity index (χ3n) is 2.61. The van der Waals surface area contributed by atoms with Crippen LogP contribution in [0.3, 0.4) is 0 Å². The zero-order valence-electron chi connectivity index (χ0n) is 11.0. The van der Waals surface area contributed by atoms with Crippen LogP contribution in [0.5, 0.6) is 0 Å². The Morgan fingerprint density at radius 3 is 2.61 bits per heavy atom. The molecule has 0 aliphatic carbocycles. The molecular weight excluding hydrogens is 358 g/mol. The fourth-order valence-electron chi connectivity index (χ4n) is 1.71. The van der Waals surface area contributed by atoms with E-state index in [2.05, 4.69) is 69.2 Å². The highest BCUT2D eigenvalue weighted by atomic mass is 79.9. The van der Waals surface area contributed by atoms with Crippen molar-refractivity contribution in [1.82, 2.24) is 5.32 Å². The summed E-state index contributed by atoms with van der Waals surface area (Å²) in [6.07, 6.45) is 2.18. The van der Waals surface area contributed by atoms with E-state index in [1.165, 1.54) is 5.56 Å². The second-order valence-corrected chi connectivity index (χ2v) is 6.02. The van der Waals surface area contributed by atoms with Crippen molar-refractivity contribution in [3.8, 4) is 0 Å². The van der Waals surface area contributed by atoms with Crippen LogP contribution in [0.15, 0.2) is 27.1 Å². The summed E-state index contributed by atoms with van der Waals surface area (Å²) in [5, 5.41) is 3.53. The smallest absolute Gasteiger partial charge is 0.0661 e. The number of hydrogen-bond acceptors (Lipinski definition) is 2. The summed E-state index contributed by atoms with van der Waals surface area (Å²) >= 11 is 7.10. The summed E-state index contributed by atoms with van der Waals surface area (Å²) in [6, 6.07) is 6.53. The van der Waals surface area contributed by atoms with Gasteiger partial charge in [0.1, 0.15) is 0 Å². The number of ether oxygens (including phenoxy) is 1. The van der Waals surface area contributed by atoms with E-state index in [1.54, 1.807) is 0 Å². The van der Waals surface area contributed by atoms with E-state index in [0.717, 1.165) is 34.9 Å². The third kappa shape index (κ3) is 5.39. The van der Waals surface area contributed by atoms with Gasteiger partial charge in [0, 0.05) is 15.6 Å². The zero-order chi connectivity index (χ0) is 13.4. The molecule has 18 heavy (non-hydrogen) atoms. The number of nitrogens with one attached hydrogen (secondary N) is 1. The molecule has 0 radical (unpaired) electrons. The molecule has 0 saturated heterocycles. The van der Waals surface area contributed by atoms with Crippen LogP contribution >= 0.6 is 31.9 Å². The van der Waals surface area contributed by atoms with Gasteiger partial charge in [-0.15, -0.1) is 0 Å². The molecule has 0 aliphatic heterocycles. The zero-order valence-corrected chi connectivity index (χ0v) is 14.2. The molecule has 2 nitrogen and oxygen atoms in total. The monoisotopic (exact) mass is 377 g/mol. The molecule has 1 atom stereocenters. The molecule has 0 saturated carbocycles. The van der Waals surface area contributed by atoms with Crippen molar-refractivity contribution in [3.05, 3.63) is 32.7 Å². The predicted octanol–water partition coefficient (Wildman–Crippen LogP) is 4.68. The van der Waals surface area contributed by atoms with Gasteiger partial charge in [0.25, 0.3) is 0 Å². The van der Waals surface area contributed by atoms with E-state index in [9.17, 15) is 0 Å². The Bertz CT molecular complexity index is 358. The summed E-state index contributed by atoms with van der Waals surface area (Å²) in [4.78, 5) is 0. The maximum atomic E-state index is 5.69. The molecule has 0 fully saturated rings. The standard InChI is InChI=1S/C14H21Br2NO/c1-3-7-17-14(10-18-8-4-2)12-6-5-11(15)9-13(12)16/h5-6,9,14,17H,3-4,7-8,10H2,1-2H3. The number of halogens is 2. The van der Waals surface area contributed by atoms with E-state index >= 15 is 0 Å². The van der Waals surface area contributed by atoms with Gasteiger partial charge in [0.05, 0.1) is 12.6 Å². The summed E-state index contributed by atoms with van der Waals surface area (Å²) in [6.45, 7) is 6.84. The second kappa shape index (κ2) is 9.08. The SMILES string of the molecule is CCCNC(COCCC)c1ccc(Br)cc1Br. The Kier molecular flexibility index (Phi) is 8.15. The Morgan fingerprint density at radius 1 is 1.22 bits per heavy atom. The molecule has 0 amide bonds. The van der Waals surface area contributed by atoms with Crippen molar-refractivity contribution in [3.63, 3.8) is 0 Å². The van der Waals surface area contributed by atoms with E-state index in [-0.39, 0.29) is 6.04 Å². The second-order valence-electron chi connectivity index (χ2n) is 4.25. The topological polar surface area (TPSA) is 21.3 Å². The minimum atomic E-state index is 0.249. The molecule has 1 rings (SSSR count). The summed E-state index contributed by atoms with van der Waals surface area (Å²) in [7, 11) is 0. The summed E-state index contributed by atoms with van der Waals surface area (Å²) < 4.78 is 7.89. The van der Waals surface area contributed by atoms with Crippen LogP contribution in [0.2, 0.25) is 0 Å². The Hall–Kier alpha value is 0.1000. The summed E-state index contributed by atoms with van der Waals surface area (Å²) in [5.41, 5.74) is 1.25. The first-order chi connectivity index (χ1) is 8.69. The Labute approximate surface area is 127 Å². The normalized spacial score (nSPS) is 12.7. The first-order valence-corrected chi connectivity index (χ1v) is 8.03. The van der Waals surface area contributed by atoms with Crippen molar-refractivity contribution < 1.29 is 4.74 Å². The van der Waals surface area contributed by atoms with E-state index in [1.807, 2.05) is 0 Å². The lowest BCUT2D eigenvalue weighted by atomic mass is 10.1. The number of rotatable bonds is 8. The molecule has 0 heterocycles. The van der Waals surface area contributed by atoms with Gasteiger partial charge < -0.3 is 10.1 Å². The van der Waals surface area contributed by atoms with Crippen LogP contribution < -0.4 is 5.32 Å². The Morgan fingerprint density at radius 2 is 2.00 bits per heavy atom. The van der Waals surface area contributed by atoms with Gasteiger partial charge in [-0.05, 0) is 37.1 Å². The maximum Gasteiger partial charge on any atom is 0.0661 e. The van der Waals surface area contributed by atoms with Gasteiger partial charge in [-0.1, -0.05) is 51.8 Å². The van der Waals surface area contributed by atoms with Gasteiger partial charge in [0.2, 0.25) is 0 Å². The molecule has 0 spiro atoms. The van der Waals surface area contributed by atoms with Gasteiger partial charge in [0.15, 0.2) is 0 Å². The molecule has 4 heteroatoms. The molecule has 0 aliphatic rings. The molecule has 1 aromatic carbocycles. The average molecular weight is 379 g/mol. The fourth-order valence-corrected chi connectivity index (χ4v) is 3.03. The van der Waals surface area contributed by atoms with Crippen molar-refractivity contribution in [2.24, 2.45) is 0 Å². The minimum Gasteiger partial charge on any atom is -0.379 e. The van der Waals surface area contributed by atoms with Gasteiger partial charge in [-0.3, -0.25) is 0 Å². The highest BCUT2D eigenvalue weighted by molar-refractivity contribution is 9.11. The molecule has 1 unspecified atom stereocenters. The lowest BCUT2D eigenvalue weighted by Crippen LogP contribution is -2.26. The largest absolute Gasteiger partial charge is 0.379 e. The van der Waals surface area contributed by atoms with Gasteiger partial charge >= 0.3 is 0 Å². The first kappa shape index (κ1) is 16.2. The van der Waals surface area contributed by atoms with Crippen LogP contribution in [-0.4, -0.2) is 19.8 Å². The van der Waals surface area contributed by atoms with Crippen LogP contribution in [0.4, 0.5) is 0 Å². The van der Waals surface area contributed by atoms with Crippen molar-refractivity contribution in [2.75, 3.05) is 19.8 Å². The van der Waals surface area contributed by atoms with Crippen LogP contribution in [0.25, 0.3) is 0 Å². The van der Waals surface area contributed by atoms with E-state index in [0.29, 0.717) is 6.61 Å². The highest BCUT2D eigenvalue weighted by Gasteiger charge is 2.14. The molecule has 1 N–H and O–H groups in total. The maximum absolute atomic E-state index is 5.69. The lowest BCUT2D eigenvalue weighted by Gasteiger charge is -2.20. The van der Waals surface area contributed by atoms with Gasteiger partial charge in [-0.2, -0.15) is 0 Å². The fraction of sp³-hybridized carbons (Fsp3) is 0.571. The quantitative estimate of drug-likeness (QED) is 0.663. The van der Waals surface area contributed by atoms with Crippen molar-refractivity contribution >= 4 is 31.9 Å². The first-order valence-electron chi connectivity index (χ1n) is 6.45. The predicted molar refractivity (Wildman–Crippen MR) is 84.0 cm³/mol. The highest BCUT2D eigenvalue weighted by Crippen LogP contribution is 2.27. The lowest BCUT2D eigenvalue weighted by molar-refractivity contribution is 0.112. The molecule has 102 valence electrons. The average Bonchev–Trinajstić information content (AvgIpc) is 2.34. The number of benzene rings is 1.